The van der Waals surface area contributed by atoms with Gasteiger partial charge in [-0.05, 0) is 71.5 Å². The number of rotatable bonds is 3. The summed E-state index contributed by atoms with van der Waals surface area (Å²) < 4.78 is 1.42. The molecule has 126 valence electrons. The fraction of sp³-hybridized carbons (Fsp3) is 0.350. The van der Waals surface area contributed by atoms with Crippen LogP contribution in [0.3, 0.4) is 0 Å². The molecule has 0 saturated carbocycles. The molecule has 2 rings (SSSR count). The standard InChI is InChI=1S/C10H12O2.C9H11I.CH4/c1-3-8-6-4-5-7(2)9(8)10(11)12;1-3-8-6-4-5-7(2)9(8)10;/h4-6H,3H2,1-2H3,(H,11,12);4-6H,3H2,1-2H3;1H4. The van der Waals surface area contributed by atoms with Gasteiger partial charge < -0.3 is 5.11 Å². The summed E-state index contributed by atoms with van der Waals surface area (Å²) >= 11 is 2.40. The van der Waals surface area contributed by atoms with Gasteiger partial charge in [-0.3, -0.25) is 0 Å². The molecule has 0 aliphatic rings. The molecule has 0 spiro atoms. The Kier molecular flexibility index (Phi) is 9.80. The summed E-state index contributed by atoms with van der Waals surface area (Å²) in [6, 6.07) is 12.0. The molecule has 0 aliphatic carbocycles. The van der Waals surface area contributed by atoms with Crippen molar-refractivity contribution in [1.29, 1.82) is 0 Å². The van der Waals surface area contributed by atoms with Gasteiger partial charge in [-0.1, -0.05) is 57.7 Å². The maximum absolute atomic E-state index is 10.8. The number of hydrogen-bond acceptors (Lipinski definition) is 1. The second-order valence-electron chi connectivity index (χ2n) is 5.17. The zero-order chi connectivity index (χ0) is 16.7. The van der Waals surface area contributed by atoms with E-state index in [9.17, 15) is 4.79 Å². The van der Waals surface area contributed by atoms with Crippen molar-refractivity contribution in [2.24, 2.45) is 0 Å². The number of hydrogen-bond donors (Lipinski definition) is 1. The van der Waals surface area contributed by atoms with Crippen LogP contribution in [-0.4, -0.2) is 11.1 Å². The van der Waals surface area contributed by atoms with Gasteiger partial charge in [-0.2, -0.15) is 0 Å². The van der Waals surface area contributed by atoms with Crippen molar-refractivity contribution in [3.63, 3.8) is 0 Å². The molecule has 0 radical (unpaired) electrons. The lowest BCUT2D eigenvalue weighted by molar-refractivity contribution is 0.0695. The van der Waals surface area contributed by atoms with Crippen molar-refractivity contribution in [2.45, 2.75) is 48.0 Å². The Bertz CT molecular complexity index is 648. The number of aryl methyl sites for hydroxylation is 4. The highest BCUT2D eigenvalue weighted by Crippen LogP contribution is 2.16. The third-order valence-corrected chi connectivity index (χ3v) is 5.15. The summed E-state index contributed by atoms with van der Waals surface area (Å²) in [5.41, 5.74) is 5.05. The number of halogens is 1. The first-order valence-electron chi connectivity index (χ1n) is 7.48. The number of carboxylic acid groups (broad SMARTS) is 1. The van der Waals surface area contributed by atoms with Crippen molar-refractivity contribution < 1.29 is 9.90 Å². The lowest BCUT2D eigenvalue weighted by Gasteiger charge is -2.05. The Morgan fingerprint density at radius 1 is 0.957 bits per heavy atom. The Labute approximate surface area is 154 Å². The molecule has 0 fully saturated rings. The van der Waals surface area contributed by atoms with E-state index in [-0.39, 0.29) is 7.43 Å². The minimum Gasteiger partial charge on any atom is -0.478 e. The zero-order valence-corrected chi connectivity index (χ0v) is 15.8. The van der Waals surface area contributed by atoms with Gasteiger partial charge in [0, 0.05) is 3.57 Å². The molecule has 23 heavy (non-hydrogen) atoms. The molecule has 0 aromatic heterocycles. The highest BCUT2D eigenvalue weighted by molar-refractivity contribution is 14.1. The fourth-order valence-electron chi connectivity index (χ4n) is 2.31. The van der Waals surface area contributed by atoms with E-state index < -0.39 is 5.97 Å². The van der Waals surface area contributed by atoms with Crippen molar-refractivity contribution in [3.8, 4) is 0 Å². The van der Waals surface area contributed by atoms with Crippen LogP contribution in [0.2, 0.25) is 0 Å². The SMILES string of the molecule is C.CCc1cccc(C)c1C(=O)O.CCc1cccc(C)c1I. The quantitative estimate of drug-likeness (QED) is 0.607. The maximum atomic E-state index is 10.8. The van der Waals surface area contributed by atoms with Crippen LogP contribution >= 0.6 is 22.6 Å². The van der Waals surface area contributed by atoms with E-state index in [4.69, 9.17) is 5.11 Å². The largest absolute Gasteiger partial charge is 0.478 e. The maximum Gasteiger partial charge on any atom is 0.336 e. The topological polar surface area (TPSA) is 37.3 Å². The number of carboxylic acids is 1. The first kappa shape index (κ1) is 21.6. The smallest absolute Gasteiger partial charge is 0.336 e. The molecule has 0 aliphatic heterocycles. The van der Waals surface area contributed by atoms with Crippen LogP contribution in [0.25, 0.3) is 0 Å². The normalized spacial score (nSPS) is 9.43. The van der Waals surface area contributed by atoms with Gasteiger partial charge in [0.1, 0.15) is 0 Å². The number of benzene rings is 2. The second kappa shape index (κ2) is 10.4. The van der Waals surface area contributed by atoms with Crippen molar-refractivity contribution in [2.75, 3.05) is 0 Å². The summed E-state index contributed by atoms with van der Waals surface area (Å²) in [4.78, 5) is 10.8. The molecule has 0 bridgehead atoms. The average Bonchev–Trinajstić information content (AvgIpc) is 2.50. The molecule has 2 nitrogen and oxygen atoms in total. The molecule has 1 N–H and O–H groups in total. The molecule has 0 unspecified atom stereocenters. The van der Waals surface area contributed by atoms with Crippen LogP contribution in [0.4, 0.5) is 0 Å². The molecular weight excluding hydrogens is 399 g/mol. The van der Waals surface area contributed by atoms with E-state index in [0.29, 0.717) is 5.56 Å². The highest BCUT2D eigenvalue weighted by Gasteiger charge is 2.10. The summed E-state index contributed by atoms with van der Waals surface area (Å²) in [7, 11) is 0. The lowest BCUT2D eigenvalue weighted by Crippen LogP contribution is -2.04. The predicted octanol–water partition coefficient (Wildman–Crippen LogP) is 6.05. The van der Waals surface area contributed by atoms with Crippen molar-refractivity contribution >= 4 is 28.6 Å². The van der Waals surface area contributed by atoms with E-state index in [1.807, 2.05) is 32.0 Å². The summed E-state index contributed by atoms with van der Waals surface area (Å²) in [5.74, 6) is -0.829. The average molecular weight is 426 g/mol. The molecule has 3 heteroatoms. The van der Waals surface area contributed by atoms with Gasteiger partial charge in [0.05, 0.1) is 5.56 Å². The fourth-order valence-corrected chi connectivity index (χ4v) is 3.05. The zero-order valence-electron chi connectivity index (χ0n) is 13.6. The lowest BCUT2D eigenvalue weighted by atomic mass is 10.0. The van der Waals surface area contributed by atoms with Crippen LogP contribution in [0.5, 0.6) is 0 Å². The van der Waals surface area contributed by atoms with E-state index in [1.54, 1.807) is 0 Å². The second-order valence-corrected chi connectivity index (χ2v) is 6.25. The molecule has 0 saturated heterocycles. The Hall–Kier alpha value is -1.36. The van der Waals surface area contributed by atoms with Crippen LogP contribution in [-0.2, 0) is 12.8 Å². The van der Waals surface area contributed by atoms with Crippen LogP contribution in [0.15, 0.2) is 36.4 Å². The van der Waals surface area contributed by atoms with E-state index >= 15 is 0 Å². The Balaban J connectivity index is 0.000000409. The van der Waals surface area contributed by atoms with Crippen molar-refractivity contribution in [1.82, 2.24) is 0 Å². The Morgan fingerprint density at radius 2 is 1.43 bits per heavy atom. The minimum atomic E-state index is -0.829. The summed E-state index contributed by atoms with van der Waals surface area (Å²) in [6.45, 7) is 8.13. The van der Waals surface area contributed by atoms with Crippen molar-refractivity contribution in [3.05, 3.63) is 67.8 Å². The van der Waals surface area contributed by atoms with Crippen LogP contribution < -0.4 is 0 Å². The highest BCUT2D eigenvalue weighted by atomic mass is 127. The van der Waals surface area contributed by atoms with Crippen LogP contribution in [0.1, 0.15) is 53.9 Å². The van der Waals surface area contributed by atoms with Gasteiger partial charge in [0.25, 0.3) is 0 Å². The third kappa shape index (κ3) is 5.98. The van der Waals surface area contributed by atoms with E-state index in [0.717, 1.165) is 24.0 Å². The molecule has 0 amide bonds. The number of aromatic carboxylic acids is 1. The summed E-state index contributed by atoms with van der Waals surface area (Å²) in [6.07, 6.45) is 1.91. The van der Waals surface area contributed by atoms with Crippen LogP contribution in [0, 0.1) is 17.4 Å². The minimum absolute atomic E-state index is 0. The molecule has 2 aromatic carbocycles. The van der Waals surface area contributed by atoms with Gasteiger partial charge in [-0.25, -0.2) is 4.79 Å². The van der Waals surface area contributed by atoms with Gasteiger partial charge in [0.15, 0.2) is 0 Å². The van der Waals surface area contributed by atoms with Gasteiger partial charge in [-0.15, -0.1) is 0 Å². The van der Waals surface area contributed by atoms with Gasteiger partial charge in [0.2, 0.25) is 0 Å². The van der Waals surface area contributed by atoms with E-state index in [1.165, 1.54) is 14.7 Å². The third-order valence-electron chi connectivity index (χ3n) is 3.61. The molecule has 0 heterocycles. The Morgan fingerprint density at radius 3 is 1.83 bits per heavy atom. The first-order chi connectivity index (χ1) is 10.4. The monoisotopic (exact) mass is 426 g/mol. The predicted molar refractivity (Wildman–Crippen MR) is 108 cm³/mol. The molecule has 0 atom stereocenters. The summed E-state index contributed by atoms with van der Waals surface area (Å²) in [5, 5.41) is 8.88. The molecular formula is C20H27IO2. The van der Waals surface area contributed by atoms with Gasteiger partial charge >= 0.3 is 5.97 Å². The number of carbonyl (C=O) groups is 1. The first-order valence-corrected chi connectivity index (χ1v) is 8.55. The van der Waals surface area contributed by atoms with E-state index in [2.05, 4.69) is 54.6 Å². The molecule has 2 aromatic rings.